The summed E-state index contributed by atoms with van der Waals surface area (Å²) in [5, 5.41) is 12.5. The number of nitrogens with two attached hydrogens (primary N) is 1. The molecule has 0 saturated heterocycles. The standard InChI is InChI=1S/C28H24ClN5O/c29-23-9-3-1-7-20(23)18-33-25-11-5-6-12-26(25)34(28(33)31)21-15-13-19(14-16-21)22-8-2-4-10-24(22)32-27(35)17-30/h1-16,31H,17-18,30H2,(H,32,35). The minimum atomic E-state index is -0.241. The molecule has 0 atom stereocenters. The van der Waals surface area contributed by atoms with Gasteiger partial charge in [-0.15, -0.1) is 0 Å². The van der Waals surface area contributed by atoms with Crippen molar-refractivity contribution in [3.63, 3.8) is 0 Å². The highest BCUT2D eigenvalue weighted by Gasteiger charge is 2.14. The van der Waals surface area contributed by atoms with Crippen molar-refractivity contribution >= 4 is 34.2 Å². The maximum Gasteiger partial charge on any atom is 0.238 e. The molecule has 35 heavy (non-hydrogen) atoms. The van der Waals surface area contributed by atoms with E-state index in [1.165, 1.54) is 0 Å². The molecule has 7 heteroatoms. The molecule has 0 aliphatic carbocycles. The number of hydrogen-bond acceptors (Lipinski definition) is 3. The Kier molecular flexibility index (Phi) is 6.23. The van der Waals surface area contributed by atoms with Gasteiger partial charge in [0.05, 0.1) is 24.1 Å². The van der Waals surface area contributed by atoms with Gasteiger partial charge in [-0.25, -0.2) is 0 Å². The number of para-hydroxylation sites is 3. The summed E-state index contributed by atoms with van der Waals surface area (Å²) in [5.41, 5.74) is 12.1. The molecule has 5 rings (SSSR count). The van der Waals surface area contributed by atoms with Crippen LogP contribution >= 0.6 is 11.6 Å². The van der Waals surface area contributed by atoms with Gasteiger partial charge in [0.1, 0.15) is 0 Å². The van der Waals surface area contributed by atoms with E-state index in [-0.39, 0.29) is 12.5 Å². The van der Waals surface area contributed by atoms with Crippen molar-refractivity contribution in [3.8, 4) is 16.8 Å². The minimum absolute atomic E-state index is 0.0750. The van der Waals surface area contributed by atoms with Crippen molar-refractivity contribution in [1.29, 1.82) is 5.41 Å². The van der Waals surface area contributed by atoms with Crippen LogP contribution in [-0.2, 0) is 11.3 Å². The smallest absolute Gasteiger partial charge is 0.238 e. The van der Waals surface area contributed by atoms with Gasteiger partial charge in [0, 0.05) is 22.0 Å². The van der Waals surface area contributed by atoms with Gasteiger partial charge < -0.3 is 15.6 Å². The number of anilines is 1. The van der Waals surface area contributed by atoms with Gasteiger partial charge in [0.15, 0.2) is 0 Å². The first-order valence-electron chi connectivity index (χ1n) is 11.2. The van der Waals surface area contributed by atoms with E-state index >= 15 is 0 Å². The lowest BCUT2D eigenvalue weighted by atomic mass is 10.0. The number of imidazole rings is 1. The Labute approximate surface area is 207 Å². The third-order valence-corrected chi connectivity index (χ3v) is 6.36. The molecule has 0 fully saturated rings. The Balaban J connectivity index is 1.57. The van der Waals surface area contributed by atoms with Gasteiger partial charge >= 0.3 is 0 Å². The highest BCUT2D eigenvalue weighted by atomic mass is 35.5. The van der Waals surface area contributed by atoms with Crippen LogP contribution in [0, 0.1) is 5.41 Å². The topological polar surface area (TPSA) is 88.8 Å². The Morgan fingerprint density at radius 1 is 0.857 bits per heavy atom. The summed E-state index contributed by atoms with van der Waals surface area (Å²) in [6.45, 7) is 0.423. The lowest BCUT2D eigenvalue weighted by Crippen LogP contribution is -2.24. The Morgan fingerprint density at radius 3 is 2.26 bits per heavy atom. The zero-order valence-electron chi connectivity index (χ0n) is 18.9. The molecule has 1 aromatic heterocycles. The zero-order valence-corrected chi connectivity index (χ0v) is 19.7. The fourth-order valence-electron chi connectivity index (χ4n) is 4.28. The molecule has 6 nitrogen and oxygen atoms in total. The van der Waals surface area contributed by atoms with E-state index in [4.69, 9.17) is 22.7 Å². The quantitative estimate of drug-likeness (QED) is 0.312. The SMILES string of the molecule is N=c1n(Cc2ccccc2Cl)c2ccccc2n1-c1ccc(-c2ccccc2NC(=O)CN)cc1. The summed E-state index contributed by atoms with van der Waals surface area (Å²) >= 11 is 6.42. The van der Waals surface area contributed by atoms with Gasteiger partial charge in [-0.1, -0.05) is 72.3 Å². The molecule has 4 N–H and O–H groups in total. The summed E-state index contributed by atoms with van der Waals surface area (Å²) < 4.78 is 3.89. The van der Waals surface area contributed by atoms with E-state index in [1.807, 2.05) is 106 Å². The highest BCUT2D eigenvalue weighted by Crippen LogP contribution is 2.29. The van der Waals surface area contributed by atoms with E-state index < -0.39 is 0 Å². The molecule has 0 spiro atoms. The molecule has 5 aromatic rings. The summed E-state index contributed by atoms with van der Waals surface area (Å²) in [5.74, 6) is -0.241. The van der Waals surface area contributed by atoms with E-state index in [9.17, 15) is 4.79 Å². The Hall–Kier alpha value is -4.13. The number of hydrogen-bond donors (Lipinski definition) is 3. The van der Waals surface area contributed by atoms with Crippen LogP contribution in [0.2, 0.25) is 5.02 Å². The first-order chi connectivity index (χ1) is 17.1. The molecule has 0 aliphatic heterocycles. The molecule has 0 aliphatic rings. The number of rotatable bonds is 6. The number of fused-ring (bicyclic) bond motifs is 1. The van der Waals surface area contributed by atoms with Gasteiger partial charge in [0.25, 0.3) is 0 Å². The van der Waals surface area contributed by atoms with Crippen molar-refractivity contribution in [2.45, 2.75) is 6.54 Å². The van der Waals surface area contributed by atoms with Crippen LogP contribution in [0.1, 0.15) is 5.56 Å². The maximum absolute atomic E-state index is 11.8. The van der Waals surface area contributed by atoms with E-state index in [0.717, 1.165) is 33.4 Å². The minimum Gasteiger partial charge on any atom is -0.324 e. The average molecular weight is 482 g/mol. The van der Waals surface area contributed by atoms with Crippen LogP contribution in [0.25, 0.3) is 27.8 Å². The molecule has 0 unspecified atom stereocenters. The van der Waals surface area contributed by atoms with Gasteiger partial charge in [-0.3, -0.25) is 14.8 Å². The van der Waals surface area contributed by atoms with Crippen LogP contribution in [0.4, 0.5) is 5.69 Å². The number of carbonyl (C=O) groups is 1. The highest BCUT2D eigenvalue weighted by molar-refractivity contribution is 6.31. The van der Waals surface area contributed by atoms with Gasteiger partial charge in [-0.2, -0.15) is 0 Å². The van der Waals surface area contributed by atoms with Crippen molar-refractivity contribution in [2.24, 2.45) is 5.73 Å². The van der Waals surface area contributed by atoms with Crippen molar-refractivity contribution < 1.29 is 4.79 Å². The largest absolute Gasteiger partial charge is 0.324 e. The zero-order chi connectivity index (χ0) is 24.4. The van der Waals surface area contributed by atoms with Gasteiger partial charge in [0.2, 0.25) is 11.5 Å². The molecular weight excluding hydrogens is 458 g/mol. The monoisotopic (exact) mass is 481 g/mol. The predicted octanol–water partition coefficient (Wildman–Crippen LogP) is 5.18. The summed E-state index contributed by atoms with van der Waals surface area (Å²) in [7, 11) is 0. The lowest BCUT2D eigenvalue weighted by molar-refractivity contribution is -0.114. The fourth-order valence-corrected chi connectivity index (χ4v) is 4.48. The van der Waals surface area contributed by atoms with E-state index in [1.54, 1.807) is 0 Å². The van der Waals surface area contributed by atoms with E-state index in [0.29, 0.717) is 22.9 Å². The number of amides is 1. The molecule has 1 heterocycles. The summed E-state index contributed by atoms with van der Waals surface area (Å²) in [4.78, 5) is 11.8. The first-order valence-corrected chi connectivity index (χ1v) is 11.6. The van der Waals surface area contributed by atoms with Crippen LogP contribution in [0.3, 0.4) is 0 Å². The number of halogens is 1. The predicted molar refractivity (Wildman–Crippen MR) is 141 cm³/mol. The molecule has 174 valence electrons. The third-order valence-electron chi connectivity index (χ3n) is 5.99. The number of carbonyl (C=O) groups excluding carboxylic acids is 1. The third kappa shape index (κ3) is 4.37. The van der Waals surface area contributed by atoms with Crippen LogP contribution < -0.4 is 16.7 Å². The second-order valence-corrected chi connectivity index (χ2v) is 8.58. The maximum atomic E-state index is 11.8. The fraction of sp³-hybridized carbons (Fsp3) is 0.0714. The Morgan fingerprint density at radius 2 is 1.51 bits per heavy atom. The normalized spacial score (nSPS) is 11.0. The van der Waals surface area contributed by atoms with Crippen molar-refractivity contribution in [1.82, 2.24) is 9.13 Å². The number of aromatic nitrogens is 2. The second-order valence-electron chi connectivity index (χ2n) is 8.17. The van der Waals surface area contributed by atoms with E-state index in [2.05, 4.69) is 5.32 Å². The number of nitrogens with zero attached hydrogens (tertiary/aromatic N) is 2. The molecule has 0 bridgehead atoms. The average Bonchev–Trinajstić information content (AvgIpc) is 3.17. The van der Waals surface area contributed by atoms with Crippen molar-refractivity contribution in [3.05, 3.63) is 113 Å². The molecule has 0 radical (unpaired) electrons. The van der Waals surface area contributed by atoms with Crippen LogP contribution in [0.5, 0.6) is 0 Å². The first kappa shape index (κ1) is 22.7. The van der Waals surface area contributed by atoms with Gasteiger partial charge in [-0.05, 0) is 47.5 Å². The summed E-state index contributed by atoms with van der Waals surface area (Å²) in [6.07, 6.45) is 0. The Bertz CT molecular complexity index is 1580. The lowest BCUT2D eigenvalue weighted by Gasteiger charge is -2.12. The number of benzene rings is 4. The number of nitrogens with one attached hydrogen (secondary N) is 2. The molecule has 1 amide bonds. The van der Waals surface area contributed by atoms with Crippen LogP contribution in [0.15, 0.2) is 97.1 Å². The molecule has 4 aromatic carbocycles. The summed E-state index contributed by atoms with van der Waals surface area (Å²) in [6, 6.07) is 31.3. The molecule has 0 saturated carbocycles. The van der Waals surface area contributed by atoms with Crippen LogP contribution in [-0.4, -0.2) is 21.6 Å². The van der Waals surface area contributed by atoms with Crippen molar-refractivity contribution in [2.75, 3.05) is 11.9 Å². The molecular formula is C28H24ClN5O. The second kappa shape index (κ2) is 9.62.